The molecule has 1 heterocycles. The standard InChI is InChI=1S/C15H15B.C9H6ClFN2/c1-13(2)16(14-9-5-3-6-10-14)15-11-7-4-8-12-15;10-8-5-7(11)1-2-9(8)13-4-3-12-6-13/h3-12H,1H2,2H3;1-6H. The Morgan fingerprint density at radius 1 is 0.966 bits per heavy atom. The van der Waals surface area contributed by atoms with E-state index < -0.39 is 0 Å². The zero-order chi connectivity index (χ0) is 20.6. The first kappa shape index (κ1) is 20.6. The maximum atomic E-state index is 12.7. The summed E-state index contributed by atoms with van der Waals surface area (Å²) in [5.74, 6) is -0.339. The maximum Gasteiger partial charge on any atom is 0.236 e. The fourth-order valence-electron chi connectivity index (χ4n) is 3.14. The maximum absolute atomic E-state index is 12.7. The number of nitrogens with zero attached hydrogens (tertiary/aromatic N) is 2. The first-order chi connectivity index (χ1) is 14.1. The third-order valence-corrected chi connectivity index (χ3v) is 4.75. The summed E-state index contributed by atoms with van der Waals surface area (Å²) in [4.78, 5) is 3.87. The van der Waals surface area contributed by atoms with Crippen LogP contribution in [0.15, 0.2) is 110 Å². The van der Waals surface area contributed by atoms with E-state index in [0.717, 1.165) is 5.69 Å². The molecule has 3 aromatic carbocycles. The topological polar surface area (TPSA) is 17.8 Å². The van der Waals surface area contributed by atoms with Gasteiger partial charge in [0.1, 0.15) is 5.82 Å². The molecule has 2 nitrogen and oxygen atoms in total. The fraction of sp³-hybridized carbons (Fsp3) is 0.0417. The van der Waals surface area contributed by atoms with E-state index in [0.29, 0.717) is 11.7 Å². The van der Waals surface area contributed by atoms with Crippen molar-refractivity contribution in [2.75, 3.05) is 0 Å². The molecule has 0 bridgehead atoms. The number of rotatable bonds is 4. The Morgan fingerprint density at radius 2 is 1.55 bits per heavy atom. The Balaban J connectivity index is 0.000000169. The monoisotopic (exact) mass is 402 g/mol. The molecule has 0 aliphatic heterocycles. The summed E-state index contributed by atoms with van der Waals surface area (Å²) in [5.41, 5.74) is 4.51. The molecule has 4 aromatic rings. The second-order valence-electron chi connectivity index (χ2n) is 6.67. The van der Waals surface area contributed by atoms with Gasteiger partial charge in [-0.15, -0.1) is 12.1 Å². The molecule has 0 saturated carbocycles. The zero-order valence-corrected chi connectivity index (χ0v) is 16.9. The molecule has 144 valence electrons. The van der Waals surface area contributed by atoms with E-state index in [4.69, 9.17) is 11.6 Å². The van der Waals surface area contributed by atoms with Crippen LogP contribution in [0.25, 0.3) is 5.69 Å². The van der Waals surface area contributed by atoms with Crippen LogP contribution in [0.1, 0.15) is 6.92 Å². The highest BCUT2D eigenvalue weighted by Crippen LogP contribution is 2.20. The Labute approximate surface area is 176 Å². The van der Waals surface area contributed by atoms with Gasteiger partial charge in [0.15, 0.2) is 0 Å². The second kappa shape index (κ2) is 9.90. The molecule has 1 aromatic heterocycles. The lowest BCUT2D eigenvalue weighted by molar-refractivity contribution is 0.627. The minimum absolute atomic E-state index is 0.308. The van der Waals surface area contributed by atoms with Gasteiger partial charge in [0.2, 0.25) is 6.71 Å². The van der Waals surface area contributed by atoms with Crippen LogP contribution in [0.4, 0.5) is 4.39 Å². The Bertz CT molecular complexity index is 1010. The Hall–Kier alpha value is -3.11. The van der Waals surface area contributed by atoms with Crippen LogP contribution in [0.5, 0.6) is 0 Å². The molecular weight excluding hydrogens is 382 g/mol. The first-order valence-electron chi connectivity index (χ1n) is 9.25. The molecule has 4 rings (SSSR count). The molecule has 0 radical (unpaired) electrons. The Kier molecular flexibility index (Phi) is 7.04. The molecule has 0 saturated heterocycles. The molecule has 0 aliphatic rings. The van der Waals surface area contributed by atoms with E-state index >= 15 is 0 Å². The van der Waals surface area contributed by atoms with Gasteiger partial charge in [-0.2, -0.15) is 0 Å². The van der Waals surface area contributed by atoms with Crippen LogP contribution in [-0.4, -0.2) is 16.3 Å². The van der Waals surface area contributed by atoms with Crippen LogP contribution in [0.3, 0.4) is 0 Å². The lowest BCUT2D eigenvalue weighted by Gasteiger charge is -2.14. The molecule has 0 spiro atoms. The van der Waals surface area contributed by atoms with Gasteiger partial charge >= 0.3 is 0 Å². The quantitative estimate of drug-likeness (QED) is 0.435. The van der Waals surface area contributed by atoms with Crippen molar-refractivity contribution >= 4 is 29.2 Å². The summed E-state index contributed by atoms with van der Waals surface area (Å²) in [5, 5.41) is 0.373. The van der Waals surface area contributed by atoms with Crippen molar-refractivity contribution in [1.82, 2.24) is 9.55 Å². The highest BCUT2D eigenvalue weighted by Gasteiger charge is 2.18. The van der Waals surface area contributed by atoms with Crippen molar-refractivity contribution in [3.63, 3.8) is 0 Å². The van der Waals surface area contributed by atoms with Crippen molar-refractivity contribution in [3.05, 3.63) is 120 Å². The van der Waals surface area contributed by atoms with Gasteiger partial charge in [-0.1, -0.05) is 90.1 Å². The van der Waals surface area contributed by atoms with Crippen molar-refractivity contribution in [1.29, 1.82) is 0 Å². The number of imidazole rings is 1. The summed E-state index contributed by atoms with van der Waals surface area (Å²) in [7, 11) is 0. The second-order valence-corrected chi connectivity index (χ2v) is 7.07. The minimum atomic E-state index is -0.339. The fourth-order valence-corrected chi connectivity index (χ4v) is 3.41. The summed E-state index contributed by atoms with van der Waals surface area (Å²) in [6.45, 7) is 6.50. The van der Waals surface area contributed by atoms with Gasteiger partial charge in [0.25, 0.3) is 0 Å². The van der Waals surface area contributed by atoms with Gasteiger partial charge in [0.05, 0.1) is 17.0 Å². The summed E-state index contributed by atoms with van der Waals surface area (Å²) >= 11 is 5.83. The lowest BCUT2D eigenvalue weighted by Crippen LogP contribution is -2.43. The summed E-state index contributed by atoms with van der Waals surface area (Å²) < 4.78 is 14.4. The predicted octanol–water partition coefficient (Wildman–Crippen LogP) is 5.08. The van der Waals surface area contributed by atoms with E-state index in [1.807, 2.05) is 12.1 Å². The SMILES string of the molecule is C=C(C)B(c1ccccc1)c1ccccc1.Fc1ccc(-n2ccnc2)c(Cl)c1. The van der Waals surface area contributed by atoms with E-state index in [-0.39, 0.29) is 5.82 Å². The van der Waals surface area contributed by atoms with Gasteiger partial charge < -0.3 is 4.57 Å². The summed E-state index contributed by atoms with van der Waals surface area (Å²) in [6.07, 6.45) is 5.00. The number of hydrogen-bond acceptors (Lipinski definition) is 1. The molecule has 0 aliphatic carbocycles. The van der Waals surface area contributed by atoms with Crippen LogP contribution in [-0.2, 0) is 0 Å². The largest absolute Gasteiger partial charge is 0.305 e. The highest BCUT2D eigenvalue weighted by molar-refractivity contribution is 6.90. The normalized spacial score (nSPS) is 10.0. The molecule has 0 unspecified atom stereocenters. The third-order valence-electron chi connectivity index (χ3n) is 4.45. The first-order valence-corrected chi connectivity index (χ1v) is 9.62. The van der Waals surface area contributed by atoms with Crippen molar-refractivity contribution < 1.29 is 4.39 Å². The predicted molar refractivity (Wildman–Crippen MR) is 121 cm³/mol. The average Bonchev–Trinajstić information content (AvgIpc) is 3.24. The molecule has 0 fully saturated rings. The third kappa shape index (κ3) is 5.46. The van der Waals surface area contributed by atoms with E-state index in [9.17, 15) is 4.39 Å². The molecule has 5 heteroatoms. The van der Waals surface area contributed by atoms with Gasteiger partial charge in [-0.3, -0.25) is 0 Å². The average molecular weight is 403 g/mol. The number of halogens is 2. The number of aromatic nitrogens is 2. The lowest BCUT2D eigenvalue weighted by atomic mass is 9.37. The van der Waals surface area contributed by atoms with Crippen molar-refractivity contribution in [2.45, 2.75) is 6.92 Å². The molecule has 0 amide bonds. The van der Waals surface area contributed by atoms with Gasteiger partial charge in [-0.05, 0) is 18.2 Å². The molecule has 29 heavy (non-hydrogen) atoms. The number of allylic oxidation sites excluding steroid dienone is 1. The zero-order valence-electron chi connectivity index (χ0n) is 16.2. The smallest absolute Gasteiger partial charge is 0.236 e. The van der Waals surface area contributed by atoms with E-state index in [1.165, 1.54) is 28.5 Å². The number of hydrogen-bond donors (Lipinski definition) is 0. The molecule has 0 N–H and O–H groups in total. The van der Waals surface area contributed by atoms with E-state index in [1.54, 1.807) is 29.4 Å². The van der Waals surface area contributed by atoms with Crippen LogP contribution in [0.2, 0.25) is 5.02 Å². The Morgan fingerprint density at radius 3 is 2.00 bits per heavy atom. The highest BCUT2D eigenvalue weighted by atomic mass is 35.5. The number of benzene rings is 3. The van der Waals surface area contributed by atoms with Gasteiger partial charge in [0, 0.05) is 12.4 Å². The minimum Gasteiger partial charge on any atom is -0.305 e. The van der Waals surface area contributed by atoms with Crippen LogP contribution in [0, 0.1) is 5.82 Å². The summed E-state index contributed by atoms with van der Waals surface area (Å²) in [6, 6.07) is 25.3. The molecular formula is C24H21BClFN2. The van der Waals surface area contributed by atoms with Crippen LogP contribution >= 0.6 is 11.6 Å². The van der Waals surface area contributed by atoms with Gasteiger partial charge in [-0.25, -0.2) is 9.37 Å². The van der Waals surface area contributed by atoms with Crippen LogP contribution < -0.4 is 10.9 Å². The van der Waals surface area contributed by atoms with Crippen molar-refractivity contribution in [3.8, 4) is 5.69 Å². The molecule has 0 atom stereocenters. The van der Waals surface area contributed by atoms with Crippen molar-refractivity contribution in [2.24, 2.45) is 0 Å². The van der Waals surface area contributed by atoms with E-state index in [2.05, 4.69) is 67.0 Å².